The average molecular weight is 591 g/mol. The highest BCUT2D eigenvalue weighted by Gasteiger charge is 2.20. The van der Waals surface area contributed by atoms with Gasteiger partial charge in [0.05, 0.1) is 12.1 Å². The number of nitrogens with zero attached hydrogens (tertiary/aromatic N) is 4. The van der Waals surface area contributed by atoms with Crippen molar-refractivity contribution in [2.75, 3.05) is 50.5 Å². The smallest absolute Gasteiger partial charge is 0.466 e. The van der Waals surface area contributed by atoms with Crippen LogP contribution in [0.5, 0.6) is 0 Å². The predicted molar refractivity (Wildman–Crippen MR) is 156 cm³/mol. The van der Waals surface area contributed by atoms with Gasteiger partial charge in [-0.2, -0.15) is 0 Å². The number of para-hydroxylation sites is 1. The molecule has 1 aliphatic heterocycles. The molecular weight excluding hydrogens is 551 g/mol. The molecule has 0 amide bonds. The largest absolute Gasteiger partial charge is 0.480 e. The normalized spacial score (nSPS) is 13.6. The Kier molecular flexibility index (Phi) is 12.9. The Morgan fingerprint density at radius 1 is 1.12 bits per heavy atom. The summed E-state index contributed by atoms with van der Waals surface area (Å²) in [6.45, 7) is 3.91. The van der Waals surface area contributed by atoms with E-state index in [4.69, 9.17) is 29.0 Å². The molecule has 14 heteroatoms. The van der Waals surface area contributed by atoms with Gasteiger partial charge in [0.25, 0.3) is 0 Å². The first-order valence-corrected chi connectivity index (χ1v) is 15.1. The third kappa shape index (κ3) is 11.7. The Labute approximate surface area is 239 Å². The van der Waals surface area contributed by atoms with Gasteiger partial charge >= 0.3 is 13.8 Å². The molecule has 41 heavy (non-hydrogen) atoms. The van der Waals surface area contributed by atoms with Gasteiger partial charge in [-0.25, -0.2) is 24.3 Å². The van der Waals surface area contributed by atoms with Gasteiger partial charge in [0.15, 0.2) is 0 Å². The standard InChI is InChI=1S/C27H36N6O3.H3O4P/c1-36-18-17-33(15-5-4-8-21-12-11-20-7-6-14-28-25(20)31-21)16-13-24(27(34)35)32-26-22-9-2-3-10-23(22)29-19-30-26;1-5(2,3)4/h2-3,9-12,19,24H,4-8,13-18H2,1H3,(H,28,31)(H,34,35)(H,29,30,32);(H3,1,2,3,4)/t24-;/m0./s1. The molecule has 3 heterocycles. The monoisotopic (exact) mass is 590 g/mol. The number of phosphoric acid groups is 1. The van der Waals surface area contributed by atoms with Crippen LogP contribution in [0.25, 0.3) is 10.9 Å². The fraction of sp³-hybridized carbons (Fsp3) is 0.481. The second kappa shape index (κ2) is 16.3. The maximum absolute atomic E-state index is 12.0. The number of methoxy groups -OCH3 is 1. The summed E-state index contributed by atoms with van der Waals surface area (Å²) in [6.07, 6.45) is 7.16. The number of aromatic nitrogens is 3. The number of hydrogen-bond acceptors (Lipinski definition) is 9. The van der Waals surface area contributed by atoms with Gasteiger partial charge in [0.1, 0.15) is 24.0 Å². The highest BCUT2D eigenvalue weighted by molar-refractivity contribution is 7.45. The molecule has 0 bridgehead atoms. The lowest BCUT2D eigenvalue weighted by Gasteiger charge is -2.24. The van der Waals surface area contributed by atoms with E-state index in [1.165, 1.54) is 18.3 Å². The van der Waals surface area contributed by atoms with Gasteiger partial charge in [-0.1, -0.05) is 18.2 Å². The molecule has 0 fully saturated rings. The molecule has 1 atom stereocenters. The molecule has 0 radical (unpaired) electrons. The lowest BCUT2D eigenvalue weighted by molar-refractivity contribution is -0.138. The third-order valence-corrected chi connectivity index (χ3v) is 6.61. The van der Waals surface area contributed by atoms with Crippen molar-refractivity contribution < 1.29 is 33.9 Å². The van der Waals surface area contributed by atoms with Gasteiger partial charge < -0.3 is 40.1 Å². The molecule has 0 aliphatic carbocycles. The van der Waals surface area contributed by atoms with Crippen molar-refractivity contribution in [1.82, 2.24) is 19.9 Å². The minimum absolute atomic E-state index is 0.454. The van der Waals surface area contributed by atoms with Gasteiger partial charge in [0.2, 0.25) is 0 Å². The highest BCUT2D eigenvalue weighted by atomic mass is 31.2. The molecule has 0 spiro atoms. The number of carbonyl (C=O) groups is 1. The van der Waals surface area contributed by atoms with Crippen molar-refractivity contribution in [3.8, 4) is 0 Å². The summed E-state index contributed by atoms with van der Waals surface area (Å²) in [5.41, 5.74) is 3.22. The van der Waals surface area contributed by atoms with Crippen LogP contribution in [0.15, 0.2) is 42.7 Å². The maximum Gasteiger partial charge on any atom is 0.466 e. The number of rotatable bonds is 14. The van der Waals surface area contributed by atoms with Crippen LogP contribution in [0.1, 0.15) is 36.9 Å². The Hall–Kier alpha value is -3.19. The maximum atomic E-state index is 12.0. The fourth-order valence-electron chi connectivity index (χ4n) is 4.56. The van der Waals surface area contributed by atoms with Crippen LogP contribution in [0.4, 0.5) is 11.6 Å². The number of aliphatic carboxylic acids is 1. The first kappa shape index (κ1) is 32.3. The van der Waals surface area contributed by atoms with Crippen LogP contribution < -0.4 is 10.6 Å². The van der Waals surface area contributed by atoms with E-state index in [1.807, 2.05) is 24.3 Å². The second-order valence-corrected chi connectivity index (χ2v) is 10.7. The van der Waals surface area contributed by atoms with Crippen LogP contribution >= 0.6 is 7.82 Å². The first-order chi connectivity index (χ1) is 19.6. The van der Waals surface area contributed by atoms with E-state index in [9.17, 15) is 9.90 Å². The van der Waals surface area contributed by atoms with E-state index in [-0.39, 0.29) is 0 Å². The van der Waals surface area contributed by atoms with Crippen LogP contribution in [-0.2, 0) is 26.9 Å². The molecule has 0 saturated carbocycles. The summed E-state index contributed by atoms with van der Waals surface area (Å²) in [7, 11) is -2.95. The minimum atomic E-state index is -4.64. The molecule has 224 valence electrons. The van der Waals surface area contributed by atoms with Crippen molar-refractivity contribution in [3.63, 3.8) is 0 Å². The number of anilines is 2. The van der Waals surface area contributed by atoms with Crippen molar-refractivity contribution in [3.05, 3.63) is 54.0 Å². The summed E-state index contributed by atoms with van der Waals surface area (Å²) in [5, 5.41) is 17.2. The number of carboxylic acid groups (broad SMARTS) is 1. The van der Waals surface area contributed by atoms with Gasteiger partial charge in [0, 0.05) is 37.8 Å². The lowest BCUT2D eigenvalue weighted by Crippen LogP contribution is -2.37. The third-order valence-electron chi connectivity index (χ3n) is 6.61. The molecule has 6 N–H and O–H groups in total. The number of nitrogens with one attached hydrogen (secondary N) is 2. The quantitative estimate of drug-likeness (QED) is 0.119. The van der Waals surface area contributed by atoms with Crippen molar-refractivity contribution >= 4 is 36.3 Å². The Morgan fingerprint density at radius 3 is 2.66 bits per heavy atom. The molecule has 13 nitrogen and oxygen atoms in total. The Balaban J connectivity index is 0.000000850. The summed E-state index contributed by atoms with van der Waals surface area (Å²) < 4.78 is 14.2. The molecule has 2 aromatic heterocycles. The highest BCUT2D eigenvalue weighted by Crippen LogP contribution is 2.26. The summed E-state index contributed by atoms with van der Waals surface area (Å²) in [4.78, 5) is 49.2. The molecule has 0 unspecified atom stereocenters. The number of hydrogen-bond donors (Lipinski definition) is 6. The number of benzene rings is 1. The van der Waals surface area contributed by atoms with Crippen LogP contribution in [-0.4, -0.2) is 91.5 Å². The summed E-state index contributed by atoms with van der Waals surface area (Å²) in [5.74, 6) is 0.698. The van der Waals surface area contributed by atoms with Gasteiger partial charge in [-0.3, -0.25) is 0 Å². The van der Waals surface area contributed by atoms with Gasteiger partial charge in [-0.05, 0) is 68.8 Å². The molecule has 3 aromatic rings. The van der Waals surface area contributed by atoms with Crippen molar-refractivity contribution in [2.24, 2.45) is 0 Å². The Morgan fingerprint density at radius 2 is 1.90 bits per heavy atom. The number of carboxylic acids is 1. The summed E-state index contributed by atoms with van der Waals surface area (Å²) >= 11 is 0. The first-order valence-electron chi connectivity index (χ1n) is 13.6. The zero-order valence-electron chi connectivity index (χ0n) is 23.1. The summed E-state index contributed by atoms with van der Waals surface area (Å²) in [6, 6.07) is 11.2. The number of fused-ring (bicyclic) bond motifs is 2. The number of ether oxygens (including phenoxy) is 1. The minimum Gasteiger partial charge on any atom is -0.480 e. The number of unbranched alkanes of at least 4 members (excludes halogenated alkanes) is 1. The number of aryl methyl sites for hydroxylation is 2. The molecule has 1 aromatic carbocycles. The van der Waals surface area contributed by atoms with E-state index in [0.29, 0.717) is 25.4 Å². The van der Waals surface area contributed by atoms with E-state index < -0.39 is 19.8 Å². The topological polar surface area (TPSA) is 190 Å². The Bertz CT molecular complexity index is 1290. The SMILES string of the molecule is COCCN(CCCCc1ccc2c(n1)NCCC2)CC[C@H](Nc1ncnc2ccccc12)C(=O)O.O=P(O)(O)O. The van der Waals surface area contributed by atoms with Crippen LogP contribution in [0, 0.1) is 0 Å². The molecule has 1 aliphatic rings. The van der Waals surface area contributed by atoms with Crippen LogP contribution in [0.2, 0.25) is 0 Å². The van der Waals surface area contributed by atoms with E-state index in [0.717, 1.165) is 67.7 Å². The van der Waals surface area contributed by atoms with Gasteiger partial charge in [-0.15, -0.1) is 0 Å². The average Bonchev–Trinajstić information content (AvgIpc) is 2.94. The molecule has 0 saturated heterocycles. The van der Waals surface area contributed by atoms with E-state index in [1.54, 1.807) is 7.11 Å². The van der Waals surface area contributed by atoms with Crippen molar-refractivity contribution in [1.29, 1.82) is 0 Å². The van der Waals surface area contributed by atoms with E-state index >= 15 is 0 Å². The number of pyridine rings is 1. The lowest BCUT2D eigenvalue weighted by atomic mass is 10.1. The fourth-order valence-corrected chi connectivity index (χ4v) is 4.56. The van der Waals surface area contributed by atoms with Crippen molar-refractivity contribution in [2.45, 2.75) is 44.6 Å². The molecular formula is C27H39N6O7P. The van der Waals surface area contributed by atoms with Crippen LogP contribution in [0.3, 0.4) is 0 Å². The molecule has 4 rings (SSSR count). The zero-order chi connectivity index (χ0) is 29.7. The van der Waals surface area contributed by atoms with E-state index in [2.05, 4.69) is 37.6 Å². The predicted octanol–water partition coefficient (Wildman–Crippen LogP) is 2.68. The zero-order valence-corrected chi connectivity index (χ0v) is 24.0. The second-order valence-electron chi connectivity index (χ2n) is 9.71.